The fourth-order valence-corrected chi connectivity index (χ4v) is 3.40. The van der Waals surface area contributed by atoms with Crippen LogP contribution >= 0.6 is 0 Å². The number of amides is 1. The number of nitrogens with zero attached hydrogens (tertiary/aromatic N) is 3. The third-order valence-electron chi connectivity index (χ3n) is 5.12. The molecule has 1 aromatic heterocycles. The predicted octanol–water partition coefficient (Wildman–Crippen LogP) is 4.11. The van der Waals surface area contributed by atoms with Crippen LogP contribution in [0.5, 0.6) is 5.75 Å². The molecular formula is C22H18F4N4O2. The summed E-state index contributed by atoms with van der Waals surface area (Å²) in [6, 6.07) is 9.56. The van der Waals surface area contributed by atoms with Crippen LogP contribution < -0.4 is 15.0 Å². The molecule has 1 aliphatic rings. The van der Waals surface area contributed by atoms with Gasteiger partial charge in [-0.25, -0.2) is 14.4 Å². The van der Waals surface area contributed by atoms with E-state index >= 15 is 0 Å². The molecule has 0 atom stereocenters. The molecule has 0 radical (unpaired) electrons. The number of hydrogen-bond donors (Lipinski definition) is 1. The Labute approximate surface area is 180 Å². The lowest BCUT2D eigenvalue weighted by atomic mass is 10.1. The number of aromatic nitrogens is 2. The van der Waals surface area contributed by atoms with E-state index in [1.165, 1.54) is 19.2 Å². The Bertz CT molecular complexity index is 1190. The minimum absolute atomic E-state index is 0.249. The maximum absolute atomic E-state index is 12.9. The Morgan fingerprint density at radius 3 is 2.44 bits per heavy atom. The van der Waals surface area contributed by atoms with Crippen molar-refractivity contribution in [3.63, 3.8) is 0 Å². The van der Waals surface area contributed by atoms with Crippen LogP contribution in [-0.2, 0) is 11.0 Å². The van der Waals surface area contributed by atoms with Gasteiger partial charge >= 0.3 is 6.18 Å². The molecule has 0 aliphatic carbocycles. The Kier molecular flexibility index (Phi) is 5.45. The summed E-state index contributed by atoms with van der Waals surface area (Å²) in [5.74, 6) is -0.558. The molecule has 1 aliphatic heterocycles. The van der Waals surface area contributed by atoms with Crippen molar-refractivity contribution < 1.29 is 27.1 Å². The molecular weight excluding hydrogens is 428 g/mol. The molecule has 6 nitrogen and oxygen atoms in total. The molecule has 32 heavy (non-hydrogen) atoms. The summed E-state index contributed by atoms with van der Waals surface area (Å²) in [5, 5.41) is 3.23. The maximum atomic E-state index is 12.9. The highest BCUT2D eigenvalue weighted by molar-refractivity contribution is 5.93. The van der Waals surface area contributed by atoms with Crippen molar-refractivity contribution in [2.45, 2.75) is 12.2 Å². The number of benzene rings is 2. The highest BCUT2D eigenvalue weighted by Gasteiger charge is 2.32. The van der Waals surface area contributed by atoms with Gasteiger partial charge in [0.25, 0.3) is 5.91 Å². The van der Waals surface area contributed by atoms with Crippen molar-refractivity contribution in [1.82, 2.24) is 15.3 Å². The van der Waals surface area contributed by atoms with Gasteiger partial charge in [0.15, 0.2) is 11.7 Å². The second kappa shape index (κ2) is 8.10. The summed E-state index contributed by atoms with van der Waals surface area (Å²) in [5.41, 5.74) is 0.205. The Hall–Kier alpha value is -3.69. The minimum Gasteiger partial charge on any atom is -0.497 e. The molecule has 0 bridgehead atoms. The standard InChI is InChI=1S/C22H18F4N4O2/c1-12(23)21(31)27-15-10-30(11-15)20-17-8-7-16(32-2)9-18(17)28-19(29-20)13-3-5-14(6-4-13)22(24,25)26/h3-9,15H,1,10-11H2,2H3,(H,27,31). The number of carbonyl (C=O) groups is 1. The fraction of sp³-hybridized carbons (Fsp3) is 0.227. The molecule has 1 N–H and O–H groups in total. The number of fused-ring (bicyclic) bond motifs is 1. The van der Waals surface area contributed by atoms with Crippen LogP contribution in [0, 0.1) is 0 Å². The lowest BCUT2D eigenvalue weighted by Crippen LogP contribution is -2.59. The zero-order valence-corrected chi connectivity index (χ0v) is 16.9. The number of rotatable bonds is 5. The van der Waals surface area contributed by atoms with Crippen molar-refractivity contribution in [2.24, 2.45) is 0 Å². The minimum atomic E-state index is -4.44. The highest BCUT2D eigenvalue weighted by atomic mass is 19.4. The third kappa shape index (κ3) is 4.20. The first-order chi connectivity index (χ1) is 15.2. The van der Waals surface area contributed by atoms with E-state index in [0.29, 0.717) is 41.1 Å². The maximum Gasteiger partial charge on any atom is 0.416 e. The van der Waals surface area contributed by atoms with Crippen molar-refractivity contribution in [1.29, 1.82) is 0 Å². The van der Waals surface area contributed by atoms with Crippen LogP contribution in [0.15, 0.2) is 54.9 Å². The van der Waals surface area contributed by atoms with E-state index in [0.717, 1.165) is 12.1 Å². The highest BCUT2D eigenvalue weighted by Crippen LogP contribution is 2.34. The van der Waals surface area contributed by atoms with Gasteiger partial charge in [-0.05, 0) is 24.3 Å². The molecule has 0 unspecified atom stereocenters. The normalized spacial score (nSPS) is 14.2. The van der Waals surface area contributed by atoms with Crippen molar-refractivity contribution in [3.8, 4) is 17.1 Å². The average Bonchev–Trinajstić information content (AvgIpc) is 2.74. The van der Waals surface area contributed by atoms with Gasteiger partial charge in [0.1, 0.15) is 11.6 Å². The van der Waals surface area contributed by atoms with Gasteiger partial charge in [0, 0.05) is 30.1 Å². The van der Waals surface area contributed by atoms with Gasteiger partial charge in [0.2, 0.25) is 0 Å². The van der Waals surface area contributed by atoms with Crippen molar-refractivity contribution in [3.05, 3.63) is 60.4 Å². The summed E-state index contributed by atoms with van der Waals surface area (Å²) in [6.07, 6.45) is -4.44. The third-order valence-corrected chi connectivity index (χ3v) is 5.12. The molecule has 0 saturated carbocycles. The van der Waals surface area contributed by atoms with Crippen molar-refractivity contribution in [2.75, 3.05) is 25.1 Å². The monoisotopic (exact) mass is 446 g/mol. The molecule has 1 amide bonds. The summed E-state index contributed by atoms with van der Waals surface area (Å²) in [7, 11) is 1.52. The zero-order valence-electron chi connectivity index (χ0n) is 16.9. The van der Waals surface area contributed by atoms with Crippen LogP contribution in [-0.4, -0.2) is 42.1 Å². The first kappa shape index (κ1) is 21.5. The summed E-state index contributed by atoms with van der Waals surface area (Å²) >= 11 is 0. The summed E-state index contributed by atoms with van der Waals surface area (Å²) in [6.45, 7) is 3.73. The van der Waals surface area contributed by atoms with E-state index in [2.05, 4.69) is 21.9 Å². The summed E-state index contributed by atoms with van der Waals surface area (Å²) in [4.78, 5) is 22.4. The largest absolute Gasteiger partial charge is 0.497 e. The van der Waals surface area contributed by atoms with E-state index in [9.17, 15) is 22.4 Å². The number of carbonyl (C=O) groups excluding carboxylic acids is 1. The molecule has 0 spiro atoms. The van der Waals surface area contributed by atoms with E-state index in [1.54, 1.807) is 18.2 Å². The molecule has 166 valence electrons. The van der Waals surface area contributed by atoms with Crippen LogP contribution in [0.1, 0.15) is 5.56 Å². The van der Waals surface area contributed by atoms with E-state index in [4.69, 9.17) is 4.74 Å². The van der Waals surface area contributed by atoms with Gasteiger partial charge in [-0.15, -0.1) is 0 Å². The van der Waals surface area contributed by atoms with Crippen LogP contribution in [0.3, 0.4) is 0 Å². The van der Waals surface area contributed by atoms with E-state index in [-0.39, 0.29) is 11.9 Å². The molecule has 1 saturated heterocycles. The quantitative estimate of drug-likeness (QED) is 0.472. The van der Waals surface area contributed by atoms with Crippen LogP contribution in [0.2, 0.25) is 0 Å². The molecule has 2 heterocycles. The predicted molar refractivity (Wildman–Crippen MR) is 111 cm³/mol. The van der Waals surface area contributed by atoms with Gasteiger partial charge in [-0.3, -0.25) is 4.79 Å². The SMILES string of the molecule is C=C(F)C(=O)NC1CN(c2nc(-c3ccc(C(F)(F)F)cc3)nc3cc(OC)ccc23)C1. The summed E-state index contributed by atoms with van der Waals surface area (Å²) < 4.78 is 56.9. The smallest absolute Gasteiger partial charge is 0.416 e. The number of anilines is 1. The number of ether oxygens (including phenoxy) is 1. The second-order valence-electron chi connectivity index (χ2n) is 7.31. The zero-order chi connectivity index (χ0) is 23.0. The molecule has 3 aromatic rings. The topological polar surface area (TPSA) is 67.4 Å². The number of nitrogens with one attached hydrogen (secondary N) is 1. The Balaban J connectivity index is 1.69. The van der Waals surface area contributed by atoms with Crippen LogP contribution in [0.25, 0.3) is 22.3 Å². The molecule has 10 heteroatoms. The Morgan fingerprint density at radius 1 is 1.16 bits per heavy atom. The molecule has 1 fully saturated rings. The number of alkyl halides is 3. The number of methoxy groups -OCH3 is 1. The van der Waals surface area contributed by atoms with Gasteiger partial charge < -0.3 is 15.0 Å². The average molecular weight is 446 g/mol. The van der Waals surface area contributed by atoms with Crippen molar-refractivity contribution >= 4 is 22.6 Å². The number of hydrogen-bond acceptors (Lipinski definition) is 5. The van der Waals surface area contributed by atoms with E-state index in [1.807, 2.05) is 4.90 Å². The van der Waals surface area contributed by atoms with Gasteiger partial charge in [-0.2, -0.15) is 13.2 Å². The molecule has 4 rings (SSSR count). The van der Waals surface area contributed by atoms with Gasteiger partial charge in [0.05, 0.1) is 24.2 Å². The second-order valence-corrected chi connectivity index (χ2v) is 7.31. The Morgan fingerprint density at radius 2 is 1.84 bits per heavy atom. The first-order valence-corrected chi connectivity index (χ1v) is 9.59. The number of halogens is 4. The first-order valence-electron chi connectivity index (χ1n) is 9.59. The lowest BCUT2D eigenvalue weighted by molar-refractivity contribution is -0.137. The van der Waals surface area contributed by atoms with Crippen LogP contribution in [0.4, 0.5) is 23.4 Å². The van der Waals surface area contributed by atoms with E-state index < -0.39 is 23.5 Å². The van der Waals surface area contributed by atoms with Gasteiger partial charge in [-0.1, -0.05) is 18.7 Å². The molecule has 2 aromatic carbocycles. The lowest BCUT2D eigenvalue weighted by Gasteiger charge is -2.40. The fourth-order valence-electron chi connectivity index (χ4n) is 3.40.